The van der Waals surface area contributed by atoms with Gasteiger partial charge in [0.15, 0.2) is 0 Å². The van der Waals surface area contributed by atoms with Gasteiger partial charge in [-0.2, -0.15) is 9.78 Å². The van der Waals surface area contributed by atoms with Crippen LogP contribution < -0.4 is 15.9 Å². The number of ether oxygens (including phenoxy) is 1. The standard InChI is InChI=1S/C26H34N6O3/c1-20(2)31-19-28-32(26(31)34)23-11-9-22(10-12-23)29-14-16-30(17-15-29)24(21-7-5-4-6-8-21)25(33)27-13-18-35-3/h4-12,19-20,24H,13-18H2,1-3H3,(H,27,33). The van der Waals surface area contributed by atoms with E-state index in [1.54, 1.807) is 18.0 Å². The first-order chi connectivity index (χ1) is 17.0. The lowest BCUT2D eigenvalue weighted by Gasteiger charge is -2.39. The minimum Gasteiger partial charge on any atom is -0.383 e. The lowest BCUT2D eigenvalue weighted by Crippen LogP contribution is -2.51. The van der Waals surface area contributed by atoms with Crippen LogP contribution in [0.4, 0.5) is 5.69 Å². The Morgan fingerprint density at radius 3 is 2.26 bits per heavy atom. The summed E-state index contributed by atoms with van der Waals surface area (Å²) in [6.45, 7) is 8.02. The topological polar surface area (TPSA) is 84.6 Å². The molecule has 9 heteroatoms. The Morgan fingerprint density at radius 2 is 1.66 bits per heavy atom. The fourth-order valence-corrected chi connectivity index (χ4v) is 4.43. The van der Waals surface area contributed by atoms with Crippen molar-refractivity contribution in [3.05, 3.63) is 77.0 Å². The average molecular weight is 479 g/mol. The van der Waals surface area contributed by atoms with Gasteiger partial charge in [0.05, 0.1) is 12.3 Å². The predicted octanol–water partition coefficient (Wildman–Crippen LogP) is 2.24. The molecular weight excluding hydrogens is 444 g/mol. The van der Waals surface area contributed by atoms with Crippen LogP contribution in [0.1, 0.15) is 31.5 Å². The minimum atomic E-state index is -0.333. The Morgan fingerprint density at radius 1 is 1.00 bits per heavy atom. The van der Waals surface area contributed by atoms with Crippen molar-refractivity contribution < 1.29 is 9.53 Å². The summed E-state index contributed by atoms with van der Waals surface area (Å²) in [7, 11) is 1.63. The van der Waals surface area contributed by atoms with Gasteiger partial charge in [0, 0.05) is 51.6 Å². The Balaban J connectivity index is 1.43. The molecule has 0 bridgehead atoms. The van der Waals surface area contributed by atoms with E-state index >= 15 is 0 Å². The van der Waals surface area contributed by atoms with Crippen molar-refractivity contribution in [2.75, 3.05) is 51.3 Å². The van der Waals surface area contributed by atoms with Crippen LogP contribution in [-0.4, -0.2) is 71.6 Å². The molecule has 1 fully saturated rings. The molecule has 1 aromatic heterocycles. The SMILES string of the molecule is COCCNC(=O)C(c1ccccc1)N1CCN(c2ccc(-n3ncn(C(C)C)c3=O)cc2)CC1. The molecule has 1 atom stereocenters. The van der Waals surface area contributed by atoms with Gasteiger partial charge in [-0.15, -0.1) is 0 Å². The number of carbonyl (C=O) groups is 1. The Labute approximate surface area is 205 Å². The molecule has 0 aliphatic carbocycles. The van der Waals surface area contributed by atoms with Crippen LogP contribution >= 0.6 is 0 Å². The highest BCUT2D eigenvalue weighted by atomic mass is 16.5. The van der Waals surface area contributed by atoms with Crippen molar-refractivity contribution in [1.29, 1.82) is 0 Å². The molecule has 0 spiro atoms. The fourth-order valence-electron chi connectivity index (χ4n) is 4.43. The second-order valence-corrected chi connectivity index (χ2v) is 8.96. The van der Waals surface area contributed by atoms with E-state index < -0.39 is 0 Å². The van der Waals surface area contributed by atoms with Gasteiger partial charge in [-0.3, -0.25) is 14.3 Å². The van der Waals surface area contributed by atoms with Gasteiger partial charge in [0.25, 0.3) is 0 Å². The zero-order valence-corrected chi connectivity index (χ0v) is 20.6. The Hall–Kier alpha value is -3.43. The molecule has 2 heterocycles. The molecule has 3 aromatic rings. The van der Waals surface area contributed by atoms with Gasteiger partial charge >= 0.3 is 5.69 Å². The van der Waals surface area contributed by atoms with Crippen LogP contribution in [0.25, 0.3) is 5.69 Å². The van der Waals surface area contributed by atoms with Gasteiger partial charge < -0.3 is 15.0 Å². The molecule has 1 N–H and O–H groups in total. The number of nitrogens with zero attached hydrogens (tertiary/aromatic N) is 5. The van der Waals surface area contributed by atoms with E-state index in [2.05, 4.69) is 20.2 Å². The number of carbonyl (C=O) groups excluding carboxylic acids is 1. The number of benzene rings is 2. The van der Waals surface area contributed by atoms with Crippen molar-refractivity contribution in [3.8, 4) is 5.69 Å². The maximum Gasteiger partial charge on any atom is 0.350 e. The number of rotatable bonds is 9. The number of nitrogens with one attached hydrogen (secondary N) is 1. The van der Waals surface area contributed by atoms with E-state index in [1.165, 1.54) is 4.68 Å². The summed E-state index contributed by atoms with van der Waals surface area (Å²) >= 11 is 0. The lowest BCUT2D eigenvalue weighted by molar-refractivity contribution is -0.127. The third-order valence-electron chi connectivity index (χ3n) is 6.36. The molecule has 0 saturated carbocycles. The second-order valence-electron chi connectivity index (χ2n) is 8.96. The predicted molar refractivity (Wildman–Crippen MR) is 136 cm³/mol. The lowest BCUT2D eigenvalue weighted by atomic mass is 10.0. The average Bonchev–Trinajstić information content (AvgIpc) is 3.27. The van der Waals surface area contributed by atoms with Crippen LogP contribution in [0.15, 0.2) is 65.7 Å². The molecular formula is C26H34N6O3. The molecule has 1 unspecified atom stereocenters. The molecule has 35 heavy (non-hydrogen) atoms. The third-order valence-corrected chi connectivity index (χ3v) is 6.36. The summed E-state index contributed by atoms with van der Waals surface area (Å²) in [4.78, 5) is 30.2. The first kappa shape index (κ1) is 24.7. The van der Waals surface area contributed by atoms with Crippen molar-refractivity contribution in [1.82, 2.24) is 24.6 Å². The highest BCUT2D eigenvalue weighted by molar-refractivity contribution is 5.83. The quantitative estimate of drug-likeness (QED) is 0.475. The van der Waals surface area contributed by atoms with Gasteiger partial charge in [0.2, 0.25) is 5.91 Å². The number of methoxy groups -OCH3 is 1. The highest BCUT2D eigenvalue weighted by Gasteiger charge is 2.30. The third kappa shape index (κ3) is 5.63. The van der Waals surface area contributed by atoms with Gasteiger partial charge in [-0.1, -0.05) is 30.3 Å². The second kappa shape index (κ2) is 11.3. The van der Waals surface area contributed by atoms with E-state index in [9.17, 15) is 9.59 Å². The van der Waals surface area contributed by atoms with E-state index in [1.807, 2.05) is 68.4 Å². The van der Waals surface area contributed by atoms with Gasteiger partial charge in [-0.05, 0) is 43.7 Å². The Kier molecular flexibility index (Phi) is 7.99. The highest BCUT2D eigenvalue weighted by Crippen LogP contribution is 2.25. The Bertz CT molecular complexity index is 1150. The maximum atomic E-state index is 13.1. The molecule has 2 aromatic carbocycles. The van der Waals surface area contributed by atoms with E-state index in [-0.39, 0.29) is 23.7 Å². The summed E-state index contributed by atoms with van der Waals surface area (Å²) in [5, 5.41) is 7.25. The fraction of sp³-hybridized carbons (Fsp3) is 0.423. The number of aromatic nitrogens is 3. The number of amides is 1. The minimum absolute atomic E-state index is 0.00247. The number of hydrogen-bond donors (Lipinski definition) is 1. The maximum absolute atomic E-state index is 13.1. The molecule has 1 aliphatic rings. The number of anilines is 1. The van der Waals surface area contributed by atoms with E-state index in [0.717, 1.165) is 43.1 Å². The van der Waals surface area contributed by atoms with Crippen molar-refractivity contribution in [2.45, 2.75) is 25.9 Å². The summed E-state index contributed by atoms with van der Waals surface area (Å²) < 4.78 is 8.12. The summed E-state index contributed by atoms with van der Waals surface area (Å²) in [6, 6.07) is 17.6. The molecule has 1 amide bonds. The van der Waals surface area contributed by atoms with Crippen LogP contribution in [0, 0.1) is 0 Å². The zero-order chi connectivity index (χ0) is 24.8. The van der Waals surface area contributed by atoms with Crippen molar-refractivity contribution in [2.24, 2.45) is 0 Å². The first-order valence-electron chi connectivity index (χ1n) is 12.1. The molecule has 186 valence electrons. The number of hydrogen-bond acceptors (Lipinski definition) is 6. The van der Waals surface area contributed by atoms with Crippen molar-refractivity contribution >= 4 is 11.6 Å². The van der Waals surface area contributed by atoms with Gasteiger partial charge in [0.1, 0.15) is 12.4 Å². The molecule has 1 saturated heterocycles. The van der Waals surface area contributed by atoms with Crippen LogP contribution in [0.5, 0.6) is 0 Å². The smallest absolute Gasteiger partial charge is 0.350 e. The summed E-state index contributed by atoms with van der Waals surface area (Å²) in [5.41, 5.74) is 2.68. The van der Waals surface area contributed by atoms with Crippen molar-refractivity contribution in [3.63, 3.8) is 0 Å². The largest absolute Gasteiger partial charge is 0.383 e. The molecule has 0 radical (unpaired) electrons. The monoisotopic (exact) mass is 478 g/mol. The van der Waals surface area contributed by atoms with E-state index in [4.69, 9.17) is 4.74 Å². The molecule has 1 aliphatic heterocycles. The zero-order valence-electron chi connectivity index (χ0n) is 20.6. The van der Waals surface area contributed by atoms with Crippen LogP contribution in [0.3, 0.4) is 0 Å². The number of piperazine rings is 1. The van der Waals surface area contributed by atoms with Gasteiger partial charge in [-0.25, -0.2) is 4.79 Å². The first-order valence-corrected chi connectivity index (χ1v) is 12.1. The molecule has 4 rings (SSSR count). The normalized spacial score (nSPS) is 15.4. The van der Waals surface area contributed by atoms with E-state index in [0.29, 0.717) is 13.2 Å². The summed E-state index contributed by atoms with van der Waals surface area (Å²) in [6.07, 6.45) is 1.58. The van der Waals surface area contributed by atoms with Crippen LogP contribution in [0.2, 0.25) is 0 Å². The summed E-state index contributed by atoms with van der Waals surface area (Å²) in [5.74, 6) is -0.00247. The van der Waals surface area contributed by atoms with Crippen LogP contribution in [-0.2, 0) is 9.53 Å². The molecule has 9 nitrogen and oxygen atoms in total.